The molecule has 0 heterocycles. The van der Waals surface area contributed by atoms with Crippen LogP contribution in [0.25, 0.3) is 28.0 Å². The summed E-state index contributed by atoms with van der Waals surface area (Å²) >= 11 is 0. The van der Waals surface area contributed by atoms with E-state index in [-0.39, 0.29) is 0 Å². The van der Waals surface area contributed by atoms with Gasteiger partial charge in [0.2, 0.25) is 0 Å². The molecule has 0 bridgehead atoms. The number of nitrogens with two attached hydrogens (primary N) is 1. The van der Waals surface area contributed by atoms with E-state index in [2.05, 4.69) is 42.5 Å². The SMILES string of the molecule is N=CC=C(N)c1cc(-c2ccccc2)cc(-c2ccccc2)c1. The summed E-state index contributed by atoms with van der Waals surface area (Å²) in [6.45, 7) is 0. The quantitative estimate of drug-likeness (QED) is 0.656. The summed E-state index contributed by atoms with van der Waals surface area (Å²) in [5, 5.41) is 7.24. The zero-order valence-electron chi connectivity index (χ0n) is 12.7. The number of hydrogen-bond acceptors (Lipinski definition) is 2. The Morgan fingerprint density at radius 2 is 1.17 bits per heavy atom. The Morgan fingerprint density at radius 3 is 1.61 bits per heavy atom. The summed E-state index contributed by atoms with van der Waals surface area (Å²) in [4.78, 5) is 0. The van der Waals surface area contributed by atoms with Gasteiger partial charge < -0.3 is 11.1 Å². The topological polar surface area (TPSA) is 49.9 Å². The summed E-state index contributed by atoms with van der Waals surface area (Å²) < 4.78 is 0. The van der Waals surface area contributed by atoms with Crippen LogP contribution < -0.4 is 5.73 Å². The van der Waals surface area contributed by atoms with Crippen molar-refractivity contribution in [3.8, 4) is 22.3 Å². The van der Waals surface area contributed by atoms with Crippen molar-refractivity contribution in [2.24, 2.45) is 5.73 Å². The maximum absolute atomic E-state index is 7.24. The van der Waals surface area contributed by atoms with Crippen molar-refractivity contribution in [1.29, 1.82) is 5.41 Å². The summed E-state index contributed by atoms with van der Waals surface area (Å²) in [5.74, 6) is 0. The molecule has 0 aromatic heterocycles. The Morgan fingerprint density at radius 1 is 0.696 bits per heavy atom. The van der Waals surface area contributed by atoms with Crippen molar-refractivity contribution in [2.45, 2.75) is 0 Å². The van der Waals surface area contributed by atoms with Crippen molar-refractivity contribution in [3.05, 3.63) is 90.5 Å². The Hall–Kier alpha value is -3.13. The first kappa shape index (κ1) is 14.8. The van der Waals surface area contributed by atoms with Gasteiger partial charge >= 0.3 is 0 Å². The summed E-state index contributed by atoms with van der Waals surface area (Å²) in [5.41, 5.74) is 12.1. The molecule has 0 aliphatic heterocycles. The fraction of sp³-hybridized carbons (Fsp3) is 0. The zero-order chi connectivity index (χ0) is 16.1. The molecule has 2 nitrogen and oxygen atoms in total. The van der Waals surface area contributed by atoms with Gasteiger partial charge in [0.25, 0.3) is 0 Å². The Bertz CT molecular complexity index is 776. The van der Waals surface area contributed by atoms with Gasteiger partial charge in [0.05, 0.1) is 0 Å². The molecule has 112 valence electrons. The molecule has 0 radical (unpaired) electrons. The van der Waals surface area contributed by atoms with E-state index in [1.54, 1.807) is 6.08 Å². The van der Waals surface area contributed by atoms with Crippen molar-refractivity contribution in [3.63, 3.8) is 0 Å². The normalized spacial score (nSPS) is 11.2. The van der Waals surface area contributed by atoms with Crippen molar-refractivity contribution < 1.29 is 0 Å². The number of nitrogens with one attached hydrogen (secondary N) is 1. The molecule has 0 aliphatic rings. The highest BCUT2D eigenvalue weighted by Gasteiger charge is 2.06. The minimum atomic E-state index is 0.593. The van der Waals surface area contributed by atoms with Crippen LogP contribution in [0.5, 0.6) is 0 Å². The van der Waals surface area contributed by atoms with E-state index in [1.165, 1.54) is 6.21 Å². The highest BCUT2D eigenvalue weighted by molar-refractivity contribution is 5.85. The third kappa shape index (κ3) is 3.38. The number of benzene rings is 3. The van der Waals surface area contributed by atoms with Crippen molar-refractivity contribution in [2.75, 3.05) is 0 Å². The maximum atomic E-state index is 7.24. The van der Waals surface area contributed by atoms with Crippen LogP contribution in [0.3, 0.4) is 0 Å². The van der Waals surface area contributed by atoms with Gasteiger partial charge in [0, 0.05) is 11.9 Å². The first-order chi connectivity index (χ1) is 11.3. The molecule has 0 fully saturated rings. The highest BCUT2D eigenvalue weighted by Crippen LogP contribution is 2.29. The lowest BCUT2D eigenvalue weighted by Gasteiger charge is -2.11. The highest BCUT2D eigenvalue weighted by atomic mass is 14.6. The Kier molecular flexibility index (Phi) is 4.34. The predicted molar refractivity (Wildman–Crippen MR) is 98.3 cm³/mol. The second kappa shape index (κ2) is 6.75. The standard InChI is InChI=1S/C21H18N2/c22-12-11-21(23)20-14-18(16-7-3-1-4-8-16)13-19(15-20)17-9-5-2-6-10-17/h1-15,22H,23H2. The van der Waals surface area contributed by atoms with E-state index in [0.717, 1.165) is 27.8 Å². The van der Waals surface area contributed by atoms with Gasteiger partial charge in [-0.1, -0.05) is 60.7 Å². The van der Waals surface area contributed by atoms with E-state index in [1.807, 2.05) is 36.4 Å². The fourth-order valence-corrected chi connectivity index (χ4v) is 2.57. The number of allylic oxidation sites excluding steroid dienone is 1. The minimum Gasteiger partial charge on any atom is -0.398 e. The fourth-order valence-electron chi connectivity index (χ4n) is 2.57. The van der Waals surface area contributed by atoms with Crippen LogP contribution in [0.2, 0.25) is 0 Å². The first-order valence-electron chi connectivity index (χ1n) is 7.50. The first-order valence-corrected chi connectivity index (χ1v) is 7.50. The predicted octanol–water partition coefficient (Wildman–Crippen LogP) is 4.97. The molecule has 23 heavy (non-hydrogen) atoms. The summed E-state index contributed by atoms with van der Waals surface area (Å²) in [6, 6.07) is 26.8. The molecule has 3 aromatic rings. The minimum absolute atomic E-state index is 0.593. The number of hydrogen-bond donors (Lipinski definition) is 2. The third-order valence-corrected chi connectivity index (χ3v) is 3.74. The van der Waals surface area contributed by atoms with Crippen LogP contribution in [-0.4, -0.2) is 6.21 Å². The smallest absolute Gasteiger partial charge is 0.0403 e. The molecule has 3 N–H and O–H groups in total. The van der Waals surface area contributed by atoms with Gasteiger partial charge in [0.1, 0.15) is 0 Å². The largest absolute Gasteiger partial charge is 0.398 e. The van der Waals surface area contributed by atoms with Crippen molar-refractivity contribution in [1.82, 2.24) is 0 Å². The van der Waals surface area contributed by atoms with Crippen LogP contribution in [0, 0.1) is 5.41 Å². The second-order valence-corrected chi connectivity index (χ2v) is 5.32. The monoisotopic (exact) mass is 298 g/mol. The van der Waals surface area contributed by atoms with Crippen LogP contribution >= 0.6 is 0 Å². The van der Waals surface area contributed by atoms with Gasteiger partial charge in [-0.25, -0.2) is 0 Å². The van der Waals surface area contributed by atoms with Gasteiger partial charge in [0.15, 0.2) is 0 Å². The lowest BCUT2D eigenvalue weighted by Crippen LogP contribution is -1.98. The molecule has 0 saturated carbocycles. The van der Waals surface area contributed by atoms with E-state index in [9.17, 15) is 0 Å². The lowest BCUT2D eigenvalue weighted by molar-refractivity contribution is 1.49. The van der Waals surface area contributed by atoms with Crippen LogP contribution in [0.1, 0.15) is 5.56 Å². The molecule has 2 heteroatoms. The van der Waals surface area contributed by atoms with Gasteiger partial charge in [-0.15, -0.1) is 0 Å². The third-order valence-electron chi connectivity index (χ3n) is 3.74. The van der Waals surface area contributed by atoms with Crippen LogP contribution in [0.15, 0.2) is 84.9 Å². The van der Waals surface area contributed by atoms with Crippen LogP contribution in [0.4, 0.5) is 0 Å². The lowest BCUT2D eigenvalue weighted by atomic mass is 9.95. The van der Waals surface area contributed by atoms with Crippen LogP contribution in [-0.2, 0) is 0 Å². The molecule has 3 rings (SSSR count). The zero-order valence-corrected chi connectivity index (χ0v) is 12.7. The molecule has 0 atom stereocenters. The molecular formula is C21H18N2. The van der Waals surface area contributed by atoms with Gasteiger partial charge in [-0.3, -0.25) is 0 Å². The molecule has 3 aromatic carbocycles. The van der Waals surface area contributed by atoms with Crippen molar-refractivity contribution >= 4 is 11.9 Å². The van der Waals surface area contributed by atoms with Gasteiger partial charge in [-0.2, -0.15) is 0 Å². The summed E-state index contributed by atoms with van der Waals surface area (Å²) in [7, 11) is 0. The number of rotatable bonds is 4. The average molecular weight is 298 g/mol. The molecule has 0 saturated heterocycles. The molecule has 0 amide bonds. The molecule has 0 aliphatic carbocycles. The van der Waals surface area contributed by atoms with E-state index in [4.69, 9.17) is 11.1 Å². The van der Waals surface area contributed by atoms with E-state index >= 15 is 0 Å². The Labute approximate surface area is 136 Å². The molecule has 0 unspecified atom stereocenters. The van der Waals surface area contributed by atoms with Gasteiger partial charge in [-0.05, 0) is 52.1 Å². The second-order valence-electron chi connectivity index (χ2n) is 5.32. The summed E-state index contributed by atoms with van der Waals surface area (Å²) in [6.07, 6.45) is 2.82. The average Bonchev–Trinajstić information content (AvgIpc) is 2.63. The van der Waals surface area contributed by atoms with E-state index in [0.29, 0.717) is 5.70 Å². The maximum Gasteiger partial charge on any atom is 0.0403 e. The molecular weight excluding hydrogens is 280 g/mol. The Balaban J connectivity index is 2.19. The van der Waals surface area contributed by atoms with E-state index < -0.39 is 0 Å². The molecule has 0 spiro atoms.